The summed E-state index contributed by atoms with van der Waals surface area (Å²) in [5.74, 6) is 0. The Balaban J connectivity index is 2.34. The number of aromatic nitrogens is 1. The summed E-state index contributed by atoms with van der Waals surface area (Å²) in [5, 5.41) is 0. The van der Waals surface area contributed by atoms with Gasteiger partial charge in [-0.3, -0.25) is 4.98 Å². The SMILES string of the molecule is Cc1ccc(C(N)c2cccc(C(F)(F)F)c2)cn1. The highest BCUT2D eigenvalue weighted by atomic mass is 19.4. The van der Waals surface area contributed by atoms with E-state index in [-0.39, 0.29) is 0 Å². The minimum absolute atomic E-state index is 0.417. The lowest BCUT2D eigenvalue weighted by Crippen LogP contribution is -2.14. The molecule has 0 aliphatic rings. The van der Waals surface area contributed by atoms with Crippen molar-refractivity contribution < 1.29 is 13.2 Å². The molecule has 2 aromatic rings. The van der Waals surface area contributed by atoms with Gasteiger partial charge in [0, 0.05) is 11.9 Å². The second kappa shape index (κ2) is 5.01. The molecule has 0 spiro atoms. The third kappa shape index (κ3) is 3.12. The van der Waals surface area contributed by atoms with Crippen LogP contribution < -0.4 is 5.73 Å². The molecule has 1 unspecified atom stereocenters. The van der Waals surface area contributed by atoms with Crippen LogP contribution in [0.25, 0.3) is 0 Å². The maximum Gasteiger partial charge on any atom is 0.416 e. The lowest BCUT2D eigenvalue weighted by atomic mass is 9.99. The van der Waals surface area contributed by atoms with Gasteiger partial charge in [-0.1, -0.05) is 18.2 Å². The Kier molecular flexibility index (Phi) is 3.57. The maximum atomic E-state index is 12.6. The summed E-state index contributed by atoms with van der Waals surface area (Å²) in [6, 6.07) is 7.99. The first-order valence-corrected chi connectivity index (χ1v) is 5.73. The van der Waals surface area contributed by atoms with Gasteiger partial charge in [-0.05, 0) is 36.2 Å². The van der Waals surface area contributed by atoms with Gasteiger partial charge in [0.05, 0.1) is 11.6 Å². The predicted molar refractivity (Wildman–Crippen MR) is 66.4 cm³/mol. The van der Waals surface area contributed by atoms with Gasteiger partial charge < -0.3 is 5.73 Å². The summed E-state index contributed by atoms with van der Waals surface area (Å²) >= 11 is 0. The highest BCUT2D eigenvalue weighted by molar-refractivity contribution is 5.34. The summed E-state index contributed by atoms with van der Waals surface area (Å²) < 4.78 is 37.9. The van der Waals surface area contributed by atoms with Crippen LogP contribution in [0.2, 0.25) is 0 Å². The van der Waals surface area contributed by atoms with Crippen molar-refractivity contribution in [3.05, 3.63) is 65.0 Å². The summed E-state index contributed by atoms with van der Waals surface area (Å²) in [7, 11) is 0. The molecule has 19 heavy (non-hydrogen) atoms. The molecule has 0 fully saturated rings. The van der Waals surface area contributed by atoms with Crippen molar-refractivity contribution in [1.29, 1.82) is 0 Å². The standard InChI is InChI=1S/C14H13F3N2/c1-9-5-6-11(8-19-9)13(18)10-3-2-4-12(7-10)14(15,16)17/h2-8,13H,18H2,1H3. The van der Waals surface area contributed by atoms with Crippen molar-refractivity contribution in [2.45, 2.75) is 19.1 Å². The minimum Gasteiger partial charge on any atom is -0.320 e. The lowest BCUT2D eigenvalue weighted by molar-refractivity contribution is -0.137. The van der Waals surface area contributed by atoms with Gasteiger partial charge in [-0.15, -0.1) is 0 Å². The van der Waals surface area contributed by atoms with Crippen LogP contribution >= 0.6 is 0 Å². The second-order valence-corrected chi connectivity index (χ2v) is 4.33. The molecule has 100 valence electrons. The number of alkyl halides is 3. The van der Waals surface area contributed by atoms with Crippen molar-refractivity contribution in [2.75, 3.05) is 0 Å². The number of nitrogens with zero attached hydrogens (tertiary/aromatic N) is 1. The first-order valence-electron chi connectivity index (χ1n) is 5.73. The minimum atomic E-state index is -4.36. The third-order valence-corrected chi connectivity index (χ3v) is 2.87. The number of pyridine rings is 1. The molecule has 0 amide bonds. The van der Waals surface area contributed by atoms with E-state index in [4.69, 9.17) is 5.73 Å². The van der Waals surface area contributed by atoms with Crippen molar-refractivity contribution in [1.82, 2.24) is 4.98 Å². The van der Waals surface area contributed by atoms with Crippen molar-refractivity contribution in [3.8, 4) is 0 Å². The molecule has 0 saturated carbocycles. The molecule has 5 heteroatoms. The zero-order valence-electron chi connectivity index (χ0n) is 10.3. The first-order chi connectivity index (χ1) is 8.88. The number of hydrogen-bond donors (Lipinski definition) is 1. The molecular formula is C14H13F3N2. The molecule has 0 aliphatic heterocycles. The number of hydrogen-bond acceptors (Lipinski definition) is 2. The van der Waals surface area contributed by atoms with E-state index in [1.165, 1.54) is 6.07 Å². The molecular weight excluding hydrogens is 253 g/mol. The Morgan fingerprint density at radius 1 is 1.11 bits per heavy atom. The van der Waals surface area contributed by atoms with E-state index >= 15 is 0 Å². The molecule has 1 aromatic heterocycles. The smallest absolute Gasteiger partial charge is 0.320 e. The van der Waals surface area contributed by atoms with E-state index in [2.05, 4.69) is 4.98 Å². The Labute approximate surface area is 109 Å². The predicted octanol–water partition coefficient (Wildman–Crippen LogP) is 3.46. The quantitative estimate of drug-likeness (QED) is 0.904. The highest BCUT2D eigenvalue weighted by Crippen LogP contribution is 2.31. The lowest BCUT2D eigenvalue weighted by Gasteiger charge is -2.14. The molecule has 1 aromatic carbocycles. The Hall–Kier alpha value is -1.88. The molecule has 0 aliphatic carbocycles. The number of nitrogens with two attached hydrogens (primary N) is 1. The largest absolute Gasteiger partial charge is 0.416 e. The fourth-order valence-corrected chi connectivity index (χ4v) is 1.76. The van der Waals surface area contributed by atoms with Crippen LogP contribution in [-0.2, 0) is 6.18 Å². The number of rotatable bonds is 2. The van der Waals surface area contributed by atoms with Crippen LogP contribution in [0.15, 0.2) is 42.6 Å². The zero-order valence-corrected chi connectivity index (χ0v) is 10.3. The monoisotopic (exact) mass is 266 g/mol. The molecule has 2 N–H and O–H groups in total. The molecule has 0 bridgehead atoms. The van der Waals surface area contributed by atoms with E-state index in [0.29, 0.717) is 11.1 Å². The maximum absolute atomic E-state index is 12.6. The van der Waals surface area contributed by atoms with Crippen LogP contribution in [-0.4, -0.2) is 4.98 Å². The number of benzene rings is 1. The van der Waals surface area contributed by atoms with Crippen molar-refractivity contribution >= 4 is 0 Å². The summed E-state index contributed by atoms with van der Waals surface area (Å²) in [5.41, 5.74) is 7.21. The van der Waals surface area contributed by atoms with Gasteiger partial charge in [0.15, 0.2) is 0 Å². The topological polar surface area (TPSA) is 38.9 Å². The van der Waals surface area contributed by atoms with Gasteiger partial charge in [-0.2, -0.15) is 13.2 Å². The first kappa shape index (κ1) is 13.5. The van der Waals surface area contributed by atoms with Gasteiger partial charge in [0.25, 0.3) is 0 Å². The zero-order chi connectivity index (χ0) is 14.0. The van der Waals surface area contributed by atoms with Crippen LogP contribution in [0.5, 0.6) is 0 Å². The van der Waals surface area contributed by atoms with Gasteiger partial charge in [-0.25, -0.2) is 0 Å². The highest BCUT2D eigenvalue weighted by Gasteiger charge is 2.30. The Morgan fingerprint density at radius 2 is 1.84 bits per heavy atom. The van der Waals surface area contributed by atoms with Gasteiger partial charge in [0.2, 0.25) is 0 Å². The van der Waals surface area contributed by atoms with Gasteiger partial charge in [0.1, 0.15) is 0 Å². The average molecular weight is 266 g/mol. The fourth-order valence-electron chi connectivity index (χ4n) is 1.76. The summed E-state index contributed by atoms with van der Waals surface area (Å²) in [4.78, 5) is 4.09. The van der Waals surface area contributed by atoms with E-state index in [1.807, 2.05) is 6.92 Å². The van der Waals surface area contributed by atoms with Crippen molar-refractivity contribution in [2.24, 2.45) is 5.73 Å². The number of halogens is 3. The fraction of sp³-hybridized carbons (Fsp3) is 0.214. The van der Waals surface area contributed by atoms with Gasteiger partial charge >= 0.3 is 6.18 Å². The molecule has 2 rings (SSSR count). The Morgan fingerprint density at radius 3 is 2.42 bits per heavy atom. The summed E-state index contributed by atoms with van der Waals surface area (Å²) in [6.45, 7) is 1.83. The van der Waals surface area contributed by atoms with E-state index in [9.17, 15) is 13.2 Å². The normalized spacial score (nSPS) is 13.3. The molecule has 1 heterocycles. The molecule has 0 radical (unpaired) electrons. The third-order valence-electron chi connectivity index (χ3n) is 2.87. The van der Waals surface area contributed by atoms with Crippen molar-refractivity contribution in [3.63, 3.8) is 0 Å². The number of aryl methyl sites for hydroxylation is 1. The van der Waals surface area contributed by atoms with E-state index < -0.39 is 17.8 Å². The van der Waals surface area contributed by atoms with Crippen LogP contribution in [0.1, 0.15) is 28.4 Å². The average Bonchev–Trinajstić information content (AvgIpc) is 2.38. The Bertz CT molecular complexity index is 562. The molecule has 1 atom stereocenters. The van der Waals surface area contributed by atoms with Crippen LogP contribution in [0.3, 0.4) is 0 Å². The molecule has 0 saturated heterocycles. The summed E-state index contributed by atoms with van der Waals surface area (Å²) in [6.07, 6.45) is -2.78. The van der Waals surface area contributed by atoms with E-state index in [1.54, 1.807) is 24.4 Å². The molecule has 2 nitrogen and oxygen atoms in total. The van der Waals surface area contributed by atoms with Crippen LogP contribution in [0, 0.1) is 6.92 Å². The second-order valence-electron chi connectivity index (χ2n) is 4.33. The van der Waals surface area contributed by atoms with Crippen LogP contribution in [0.4, 0.5) is 13.2 Å². The van der Waals surface area contributed by atoms with E-state index in [0.717, 1.165) is 17.8 Å².